The number of carbonyl (C=O) groups is 1. The van der Waals surface area contributed by atoms with E-state index in [1.54, 1.807) is 0 Å². The molecule has 0 saturated carbocycles. The van der Waals surface area contributed by atoms with Crippen molar-refractivity contribution in [3.05, 3.63) is 22.2 Å². The molecule has 0 fully saturated rings. The molecule has 0 aliphatic heterocycles. The van der Waals surface area contributed by atoms with Gasteiger partial charge in [-0.15, -0.1) is 0 Å². The molecule has 0 aliphatic rings. The second-order valence-electron chi connectivity index (χ2n) is 5.04. The fourth-order valence-electron chi connectivity index (χ4n) is 1.88. The molecule has 1 aromatic carbocycles. The predicted molar refractivity (Wildman–Crippen MR) is 87.9 cm³/mol. The summed E-state index contributed by atoms with van der Waals surface area (Å²) in [6, 6.07) is 3.26. The summed E-state index contributed by atoms with van der Waals surface area (Å²) in [6.45, 7) is 4.94. The van der Waals surface area contributed by atoms with Crippen LogP contribution in [0.3, 0.4) is 0 Å². The number of nitrogens with zero attached hydrogens (tertiary/aromatic N) is 1. The van der Waals surface area contributed by atoms with Crippen LogP contribution in [-0.2, 0) is 4.79 Å². The number of nitrogens with two attached hydrogens (primary N) is 1. The number of anilines is 2. The molecule has 0 atom stereocenters. The van der Waals surface area contributed by atoms with Gasteiger partial charge in [0.05, 0.1) is 22.9 Å². The monoisotopic (exact) mass is 333 g/mol. The Balaban J connectivity index is 2.72. The maximum absolute atomic E-state index is 12.1. The molecule has 0 radical (unpaired) electrons. The molecule has 4 N–H and O–H groups in total. The molecule has 0 saturated heterocycles. The summed E-state index contributed by atoms with van der Waals surface area (Å²) in [4.78, 5) is 14.1. The van der Waals surface area contributed by atoms with Crippen molar-refractivity contribution in [1.29, 1.82) is 0 Å². The van der Waals surface area contributed by atoms with Crippen molar-refractivity contribution in [2.75, 3.05) is 30.7 Å². The zero-order valence-electron chi connectivity index (χ0n) is 12.2. The smallest absolute Gasteiger partial charge is 0.238 e. The molecule has 5 nitrogen and oxygen atoms in total. The van der Waals surface area contributed by atoms with Crippen molar-refractivity contribution in [3.63, 3.8) is 0 Å². The van der Waals surface area contributed by atoms with Crippen LogP contribution in [-0.4, -0.2) is 41.7 Å². The minimum absolute atomic E-state index is 0.0980. The molecular weight excluding hydrogens is 313 g/mol. The van der Waals surface area contributed by atoms with Gasteiger partial charge in [-0.3, -0.25) is 9.69 Å². The maximum Gasteiger partial charge on any atom is 0.238 e. The molecule has 21 heavy (non-hydrogen) atoms. The lowest BCUT2D eigenvalue weighted by molar-refractivity contribution is -0.117. The highest BCUT2D eigenvalue weighted by Crippen LogP contribution is 2.31. The van der Waals surface area contributed by atoms with E-state index in [0.29, 0.717) is 34.4 Å². The van der Waals surface area contributed by atoms with Crippen molar-refractivity contribution in [1.82, 2.24) is 4.90 Å². The summed E-state index contributed by atoms with van der Waals surface area (Å²) in [5.74, 6) is -0.211. The van der Waals surface area contributed by atoms with Gasteiger partial charge in [0.15, 0.2) is 0 Å². The van der Waals surface area contributed by atoms with Crippen molar-refractivity contribution < 1.29 is 9.90 Å². The Morgan fingerprint density at radius 3 is 2.62 bits per heavy atom. The van der Waals surface area contributed by atoms with Gasteiger partial charge < -0.3 is 16.2 Å². The summed E-state index contributed by atoms with van der Waals surface area (Å²) >= 11 is 11.9. The molecule has 1 amide bonds. The van der Waals surface area contributed by atoms with E-state index in [-0.39, 0.29) is 25.1 Å². The van der Waals surface area contributed by atoms with Crippen LogP contribution in [0.25, 0.3) is 0 Å². The van der Waals surface area contributed by atoms with Crippen LogP contribution in [0.1, 0.15) is 20.3 Å². The van der Waals surface area contributed by atoms with Gasteiger partial charge in [-0.1, -0.05) is 23.2 Å². The first kappa shape index (κ1) is 18.0. The number of nitrogen functional groups attached to an aromatic ring is 1. The van der Waals surface area contributed by atoms with Crippen LogP contribution >= 0.6 is 23.2 Å². The number of nitrogens with one attached hydrogen (secondary N) is 1. The summed E-state index contributed by atoms with van der Waals surface area (Å²) in [5, 5.41) is 12.3. The summed E-state index contributed by atoms with van der Waals surface area (Å²) in [5.41, 5.74) is 6.51. The van der Waals surface area contributed by atoms with E-state index in [1.165, 1.54) is 12.1 Å². The maximum atomic E-state index is 12.1. The first-order valence-corrected chi connectivity index (χ1v) is 7.50. The van der Waals surface area contributed by atoms with Crippen molar-refractivity contribution in [2.45, 2.75) is 26.3 Å². The van der Waals surface area contributed by atoms with E-state index in [9.17, 15) is 4.79 Å². The molecular formula is C14H21Cl2N3O2. The van der Waals surface area contributed by atoms with Crippen molar-refractivity contribution in [2.24, 2.45) is 0 Å². The zero-order chi connectivity index (χ0) is 16.0. The highest BCUT2D eigenvalue weighted by atomic mass is 35.5. The van der Waals surface area contributed by atoms with E-state index in [4.69, 9.17) is 34.0 Å². The quantitative estimate of drug-likeness (QED) is 0.670. The Kier molecular flexibility index (Phi) is 7.25. The van der Waals surface area contributed by atoms with E-state index in [1.807, 2.05) is 18.7 Å². The lowest BCUT2D eigenvalue weighted by atomic mass is 10.2. The summed E-state index contributed by atoms with van der Waals surface area (Å²) in [7, 11) is 0. The van der Waals surface area contributed by atoms with Gasteiger partial charge in [-0.25, -0.2) is 0 Å². The van der Waals surface area contributed by atoms with E-state index < -0.39 is 0 Å². The van der Waals surface area contributed by atoms with Gasteiger partial charge in [0.2, 0.25) is 5.91 Å². The van der Waals surface area contributed by atoms with Crippen LogP contribution < -0.4 is 11.1 Å². The molecule has 0 aromatic heterocycles. The Morgan fingerprint density at radius 2 is 2.10 bits per heavy atom. The van der Waals surface area contributed by atoms with E-state index in [0.717, 1.165) is 0 Å². The summed E-state index contributed by atoms with van der Waals surface area (Å²) in [6.07, 6.45) is 0.620. The minimum atomic E-state index is -0.211. The Hall–Kier alpha value is -1.01. The molecule has 0 heterocycles. The average Bonchev–Trinajstić information content (AvgIpc) is 2.38. The van der Waals surface area contributed by atoms with Gasteiger partial charge in [0.25, 0.3) is 0 Å². The number of aliphatic hydroxyl groups is 1. The minimum Gasteiger partial charge on any atom is -0.397 e. The van der Waals surface area contributed by atoms with Crippen LogP contribution in [0.2, 0.25) is 10.0 Å². The van der Waals surface area contributed by atoms with Crippen molar-refractivity contribution in [3.8, 4) is 0 Å². The Bertz CT molecular complexity index is 472. The zero-order valence-corrected chi connectivity index (χ0v) is 13.7. The fourth-order valence-corrected chi connectivity index (χ4v) is 2.44. The molecule has 118 valence electrons. The third-order valence-electron chi connectivity index (χ3n) is 3.03. The predicted octanol–water partition coefficient (Wildman–Crippen LogP) is 2.61. The first-order valence-electron chi connectivity index (χ1n) is 6.74. The number of carbonyl (C=O) groups excluding carboxylic acids is 1. The van der Waals surface area contributed by atoms with Gasteiger partial charge in [-0.2, -0.15) is 0 Å². The average molecular weight is 334 g/mol. The highest BCUT2D eigenvalue weighted by molar-refractivity contribution is 6.37. The fraction of sp³-hybridized carbons (Fsp3) is 0.500. The second kappa shape index (κ2) is 8.44. The lowest BCUT2D eigenvalue weighted by Gasteiger charge is -2.25. The summed E-state index contributed by atoms with van der Waals surface area (Å²) < 4.78 is 0. The standard InChI is InChI=1S/C14H21Cl2N3O2/c1-9(2)19(4-3-5-20)8-13(21)18-14-11(16)6-10(15)7-12(14)17/h6-7,9,20H,3-5,8,17H2,1-2H3,(H,18,21). The number of rotatable bonds is 7. The molecule has 0 aliphatic carbocycles. The number of hydrogen-bond donors (Lipinski definition) is 3. The SMILES string of the molecule is CC(C)N(CCCO)CC(=O)Nc1c(N)cc(Cl)cc1Cl. The molecule has 1 rings (SSSR count). The van der Waals surface area contributed by atoms with E-state index in [2.05, 4.69) is 5.32 Å². The van der Waals surface area contributed by atoms with Crippen LogP contribution in [0.4, 0.5) is 11.4 Å². The van der Waals surface area contributed by atoms with Gasteiger partial charge in [-0.05, 0) is 32.4 Å². The van der Waals surface area contributed by atoms with Crippen LogP contribution in [0, 0.1) is 0 Å². The van der Waals surface area contributed by atoms with Gasteiger partial charge in [0, 0.05) is 24.2 Å². The lowest BCUT2D eigenvalue weighted by Crippen LogP contribution is -2.39. The number of aliphatic hydroxyl groups excluding tert-OH is 1. The Morgan fingerprint density at radius 1 is 1.43 bits per heavy atom. The van der Waals surface area contributed by atoms with Crippen LogP contribution in [0.15, 0.2) is 12.1 Å². The Labute approximate surface area is 135 Å². The normalized spacial score (nSPS) is 11.2. The topological polar surface area (TPSA) is 78.6 Å². The van der Waals surface area contributed by atoms with E-state index >= 15 is 0 Å². The third kappa shape index (κ3) is 5.71. The number of benzene rings is 1. The van der Waals surface area contributed by atoms with Gasteiger partial charge >= 0.3 is 0 Å². The third-order valence-corrected chi connectivity index (χ3v) is 3.55. The number of halogens is 2. The van der Waals surface area contributed by atoms with Crippen molar-refractivity contribution >= 4 is 40.5 Å². The number of hydrogen-bond acceptors (Lipinski definition) is 4. The highest BCUT2D eigenvalue weighted by Gasteiger charge is 2.16. The molecule has 1 aromatic rings. The largest absolute Gasteiger partial charge is 0.397 e. The molecule has 0 unspecified atom stereocenters. The number of amides is 1. The second-order valence-corrected chi connectivity index (χ2v) is 5.89. The van der Waals surface area contributed by atoms with Gasteiger partial charge in [0.1, 0.15) is 0 Å². The van der Waals surface area contributed by atoms with Crippen LogP contribution in [0.5, 0.6) is 0 Å². The molecule has 0 spiro atoms. The first-order chi connectivity index (χ1) is 9.85. The molecule has 7 heteroatoms. The molecule has 0 bridgehead atoms.